The summed E-state index contributed by atoms with van der Waals surface area (Å²) in [6.45, 7) is 5.75. The predicted octanol–water partition coefficient (Wildman–Crippen LogP) is 1.38. The Balaban J connectivity index is 0.000000921. The lowest BCUT2D eigenvalue weighted by atomic mass is 10.0. The zero-order valence-electron chi connectivity index (χ0n) is 10.7. The molecule has 1 saturated heterocycles. The van der Waals surface area contributed by atoms with Gasteiger partial charge in [0.25, 0.3) is 0 Å². The molecule has 0 aromatic carbocycles. The Morgan fingerprint density at radius 1 is 1.27 bits per heavy atom. The molecule has 2 amide bonds. The Hall–Kier alpha value is -0.770. The highest BCUT2D eigenvalue weighted by Crippen LogP contribution is 2.13. The minimum atomic E-state index is 0.0530. The minimum absolute atomic E-state index is 0.0530. The maximum atomic E-state index is 11.2. The molecule has 1 heterocycles. The average Bonchev–Trinajstić information content (AvgIpc) is 2.31. The highest BCUT2D eigenvalue weighted by Gasteiger charge is 2.22. The van der Waals surface area contributed by atoms with Gasteiger partial charge in [0, 0.05) is 26.2 Å². The number of hydrogen-bond acceptors (Lipinski definition) is 2. The van der Waals surface area contributed by atoms with Gasteiger partial charge in [-0.15, -0.1) is 0 Å². The van der Waals surface area contributed by atoms with Gasteiger partial charge in [-0.3, -0.25) is 0 Å². The maximum absolute atomic E-state index is 11.2. The van der Waals surface area contributed by atoms with Gasteiger partial charge in [0.1, 0.15) is 0 Å². The van der Waals surface area contributed by atoms with Gasteiger partial charge in [-0.2, -0.15) is 0 Å². The van der Waals surface area contributed by atoms with Crippen LogP contribution in [0, 0.1) is 0 Å². The Morgan fingerprint density at radius 3 is 2.07 bits per heavy atom. The molecule has 0 saturated carbocycles. The van der Waals surface area contributed by atoms with Crippen LogP contribution in [0.15, 0.2) is 0 Å². The molecule has 1 rings (SSSR count). The molecule has 0 aromatic rings. The summed E-state index contributed by atoms with van der Waals surface area (Å²) in [7, 11) is 5.88. The maximum Gasteiger partial charge on any atom is 0.317 e. The number of piperidine rings is 1. The predicted molar refractivity (Wildman–Crippen MR) is 64.1 cm³/mol. The smallest absolute Gasteiger partial charge is 0.317 e. The third-order valence-electron chi connectivity index (χ3n) is 2.70. The topological polar surface area (TPSA) is 35.6 Å². The molecule has 1 aliphatic heterocycles. The van der Waals surface area contributed by atoms with E-state index in [-0.39, 0.29) is 6.03 Å². The molecular formula is C11H25N3O. The molecule has 0 spiro atoms. The number of rotatable bonds is 1. The van der Waals surface area contributed by atoms with E-state index in [1.165, 1.54) is 0 Å². The molecule has 0 radical (unpaired) electrons. The van der Waals surface area contributed by atoms with Gasteiger partial charge in [-0.25, -0.2) is 4.79 Å². The summed E-state index contributed by atoms with van der Waals surface area (Å²) in [5, 5.41) is 2.65. The minimum Gasteiger partial charge on any atom is -0.341 e. The summed E-state index contributed by atoms with van der Waals surface area (Å²) in [4.78, 5) is 15.4. The van der Waals surface area contributed by atoms with Crippen molar-refractivity contribution in [3.05, 3.63) is 0 Å². The summed E-state index contributed by atoms with van der Waals surface area (Å²) in [5.74, 6) is 0. The fourth-order valence-electron chi connectivity index (χ4n) is 1.74. The summed E-state index contributed by atoms with van der Waals surface area (Å²) >= 11 is 0. The van der Waals surface area contributed by atoms with Gasteiger partial charge in [0.15, 0.2) is 0 Å². The molecular weight excluding hydrogens is 190 g/mol. The van der Waals surface area contributed by atoms with Gasteiger partial charge in [0.05, 0.1) is 0 Å². The van der Waals surface area contributed by atoms with Crippen molar-refractivity contribution in [2.45, 2.75) is 32.7 Å². The van der Waals surface area contributed by atoms with E-state index in [4.69, 9.17) is 0 Å². The van der Waals surface area contributed by atoms with E-state index in [2.05, 4.69) is 24.3 Å². The number of hydrogen-bond donors (Lipinski definition) is 1. The normalized spacial score (nSPS) is 17.1. The monoisotopic (exact) mass is 215 g/mol. The van der Waals surface area contributed by atoms with Crippen LogP contribution in [0.25, 0.3) is 0 Å². The molecule has 1 fully saturated rings. The molecule has 0 bridgehead atoms. The second-order valence-electron chi connectivity index (χ2n) is 3.74. The molecule has 0 aliphatic carbocycles. The first kappa shape index (κ1) is 14.2. The summed E-state index contributed by atoms with van der Waals surface area (Å²) in [6.07, 6.45) is 2.17. The molecule has 90 valence electrons. The molecule has 1 N–H and O–H groups in total. The molecule has 1 aliphatic rings. The Morgan fingerprint density at radius 2 is 1.73 bits per heavy atom. The standard InChI is InChI=1S/C9H19N3O.C2H6/c1-10-9(13)12-6-4-8(5-7-12)11(2)3;1-2/h8H,4-7H2,1-3H3,(H,10,13);1-2H3. The first-order valence-electron chi connectivity index (χ1n) is 5.78. The van der Waals surface area contributed by atoms with Crippen molar-refractivity contribution >= 4 is 6.03 Å². The first-order chi connectivity index (χ1) is 7.15. The second-order valence-corrected chi connectivity index (χ2v) is 3.74. The van der Waals surface area contributed by atoms with E-state index in [1.54, 1.807) is 7.05 Å². The van der Waals surface area contributed by atoms with Crippen molar-refractivity contribution in [3.63, 3.8) is 0 Å². The van der Waals surface area contributed by atoms with Crippen molar-refractivity contribution in [2.24, 2.45) is 0 Å². The lowest BCUT2D eigenvalue weighted by molar-refractivity contribution is 0.149. The average molecular weight is 215 g/mol. The van der Waals surface area contributed by atoms with Crippen LogP contribution < -0.4 is 5.32 Å². The zero-order chi connectivity index (χ0) is 11.8. The van der Waals surface area contributed by atoms with Crippen LogP contribution in [0.3, 0.4) is 0 Å². The highest BCUT2D eigenvalue weighted by atomic mass is 16.2. The number of nitrogens with zero attached hydrogens (tertiary/aromatic N) is 2. The number of carbonyl (C=O) groups is 1. The quantitative estimate of drug-likeness (QED) is 0.717. The number of urea groups is 1. The van der Waals surface area contributed by atoms with Gasteiger partial charge >= 0.3 is 6.03 Å². The highest BCUT2D eigenvalue weighted by molar-refractivity contribution is 5.73. The molecule has 15 heavy (non-hydrogen) atoms. The molecule has 0 aromatic heterocycles. The van der Waals surface area contributed by atoms with Crippen molar-refractivity contribution in [2.75, 3.05) is 34.2 Å². The van der Waals surface area contributed by atoms with E-state index in [0.717, 1.165) is 25.9 Å². The molecule has 0 atom stereocenters. The van der Waals surface area contributed by atoms with Gasteiger partial charge in [0.2, 0.25) is 0 Å². The van der Waals surface area contributed by atoms with Crippen molar-refractivity contribution < 1.29 is 4.79 Å². The summed E-state index contributed by atoms with van der Waals surface area (Å²) in [6, 6.07) is 0.693. The van der Waals surface area contributed by atoms with E-state index in [1.807, 2.05) is 18.7 Å². The molecule has 4 heteroatoms. The third-order valence-corrected chi connectivity index (χ3v) is 2.70. The Labute approximate surface area is 93.6 Å². The van der Waals surface area contributed by atoms with E-state index in [0.29, 0.717) is 6.04 Å². The third kappa shape index (κ3) is 4.51. The summed E-state index contributed by atoms with van der Waals surface area (Å²) in [5.41, 5.74) is 0. The van der Waals surface area contributed by atoms with Crippen LogP contribution in [0.2, 0.25) is 0 Å². The van der Waals surface area contributed by atoms with Crippen LogP contribution in [0.5, 0.6) is 0 Å². The molecule has 0 unspecified atom stereocenters. The zero-order valence-corrected chi connectivity index (χ0v) is 10.7. The Kier molecular flexibility index (Phi) is 7.13. The van der Waals surface area contributed by atoms with Crippen molar-refractivity contribution in [3.8, 4) is 0 Å². The number of nitrogens with one attached hydrogen (secondary N) is 1. The number of likely N-dealkylation sites (tertiary alicyclic amines) is 1. The van der Waals surface area contributed by atoms with Crippen molar-refractivity contribution in [1.82, 2.24) is 15.1 Å². The van der Waals surface area contributed by atoms with Gasteiger partial charge in [-0.1, -0.05) is 13.8 Å². The summed E-state index contributed by atoms with van der Waals surface area (Å²) < 4.78 is 0. The van der Waals surface area contributed by atoms with Crippen LogP contribution in [-0.2, 0) is 0 Å². The lowest BCUT2D eigenvalue weighted by Crippen LogP contribution is -2.47. The molecule has 4 nitrogen and oxygen atoms in total. The Bertz CT molecular complexity index is 175. The fourth-order valence-corrected chi connectivity index (χ4v) is 1.74. The van der Waals surface area contributed by atoms with Crippen LogP contribution in [0.4, 0.5) is 4.79 Å². The van der Waals surface area contributed by atoms with Crippen molar-refractivity contribution in [1.29, 1.82) is 0 Å². The number of carbonyl (C=O) groups excluding carboxylic acids is 1. The SMILES string of the molecule is CC.CNC(=O)N1CCC(N(C)C)CC1. The van der Waals surface area contributed by atoms with Crippen LogP contribution in [0.1, 0.15) is 26.7 Å². The lowest BCUT2D eigenvalue weighted by Gasteiger charge is -2.34. The number of amides is 2. The largest absolute Gasteiger partial charge is 0.341 e. The van der Waals surface area contributed by atoms with Gasteiger partial charge in [-0.05, 0) is 26.9 Å². The van der Waals surface area contributed by atoms with E-state index >= 15 is 0 Å². The van der Waals surface area contributed by atoms with E-state index in [9.17, 15) is 4.79 Å². The second kappa shape index (κ2) is 7.51. The first-order valence-corrected chi connectivity index (χ1v) is 5.78. The van der Waals surface area contributed by atoms with Crippen LogP contribution >= 0.6 is 0 Å². The van der Waals surface area contributed by atoms with Gasteiger partial charge < -0.3 is 15.1 Å². The van der Waals surface area contributed by atoms with Crippen LogP contribution in [-0.4, -0.2) is 56.1 Å². The fraction of sp³-hybridized carbons (Fsp3) is 0.909. The van der Waals surface area contributed by atoms with E-state index < -0.39 is 0 Å².